The van der Waals surface area contributed by atoms with Crippen molar-refractivity contribution in [3.05, 3.63) is 40.7 Å². The van der Waals surface area contributed by atoms with E-state index in [9.17, 15) is 4.39 Å². The Kier molecular flexibility index (Phi) is 4.14. The van der Waals surface area contributed by atoms with Crippen LogP contribution in [0.5, 0.6) is 0 Å². The fourth-order valence-corrected chi connectivity index (χ4v) is 4.03. The van der Waals surface area contributed by atoms with E-state index in [-0.39, 0.29) is 17.0 Å². The van der Waals surface area contributed by atoms with Gasteiger partial charge in [-0.1, -0.05) is 29.5 Å². The van der Waals surface area contributed by atoms with E-state index in [2.05, 4.69) is 42.8 Å². The molecule has 1 fully saturated rings. The van der Waals surface area contributed by atoms with Crippen LogP contribution in [0.4, 0.5) is 9.52 Å². The molecule has 1 aliphatic rings. The standard InChI is InChI=1S/C17H22FN3OS/c1-16(2)10-21(11-17(3,4)22-16)15-20-19-14(23-15)9-12-7-5-6-8-13(12)18/h5-8H,9-11H2,1-4H3. The van der Waals surface area contributed by atoms with Crippen LogP contribution in [-0.2, 0) is 11.2 Å². The summed E-state index contributed by atoms with van der Waals surface area (Å²) in [5.41, 5.74) is 0.177. The molecule has 1 aliphatic heterocycles. The van der Waals surface area contributed by atoms with Gasteiger partial charge < -0.3 is 9.64 Å². The number of aromatic nitrogens is 2. The summed E-state index contributed by atoms with van der Waals surface area (Å²) < 4.78 is 19.9. The van der Waals surface area contributed by atoms with Crippen LogP contribution < -0.4 is 4.90 Å². The van der Waals surface area contributed by atoms with Crippen LogP contribution in [0.2, 0.25) is 0 Å². The molecular formula is C17H22FN3OS. The maximum absolute atomic E-state index is 13.8. The van der Waals surface area contributed by atoms with Crippen molar-refractivity contribution in [1.29, 1.82) is 0 Å². The van der Waals surface area contributed by atoms with Gasteiger partial charge in [0.2, 0.25) is 5.13 Å². The van der Waals surface area contributed by atoms with Crippen molar-refractivity contribution in [2.75, 3.05) is 18.0 Å². The van der Waals surface area contributed by atoms with Crippen LogP contribution in [0.1, 0.15) is 38.3 Å². The van der Waals surface area contributed by atoms with Crippen LogP contribution in [0.3, 0.4) is 0 Å². The summed E-state index contributed by atoms with van der Waals surface area (Å²) >= 11 is 1.53. The molecular weight excluding hydrogens is 313 g/mol. The average molecular weight is 335 g/mol. The Hall–Kier alpha value is -1.53. The number of nitrogens with zero attached hydrogens (tertiary/aromatic N) is 3. The lowest BCUT2D eigenvalue weighted by atomic mass is 9.99. The summed E-state index contributed by atoms with van der Waals surface area (Å²) in [4.78, 5) is 2.21. The normalized spacial score (nSPS) is 19.8. The SMILES string of the molecule is CC1(C)CN(c2nnc(Cc3ccccc3F)s2)CC(C)(C)O1. The minimum Gasteiger partial charge on any atom is -0.366 e. The molecule has 0 N–H and O–H groups in total. The van der Waals surface area contributed by atoms with Gasteiger partial charge in [-0.15, -0.1) is 10.2 Å². The molecule has 0 atom stereocenters. The molecule has 0 spiro atoms. The number of hydrogen-bond acceptors (Lipinski definition) is 5. The van der Waals surface area contributed by atoms with Gasteiger partial charge in [-0.05, 0) is 39.3 Å². The third-order valence-electron chi connectivity index (χ3n) is 3.72. The Morgan fingerprint density at radius 2 is 1.78 bits per heavy atom. The second-order valence-electron chi connectivity index (χ2n) is 7.22. The zero-order chi connectivity index (χ0) is 16.7. The van der Waals surface area contributed by atoms with Crippen molar-refractivity contribution in [3.63, 3.8) is 0 Å². The van der Waals surface area contributed by atoms with Crippen molar-refractivity contribution in [2.45, 2.75) is 45.3 Å². The largest absolute Gasteiger partial charge is 0.366 e. The maximum Gasteiger partial charge on any atom is 0.208 e. The topological polar surface area (TPSA) is 38.2 Å². The summed E-state index contributed by atoms with van der Waals surface area (Å²) in [5, 5.41) is 10.3. The first-order valence-corrected chi connectivity index (χ1v) is 8.57. The van der Waals surface area contributed by atoms with Crippen molar-refractivity contribution < 1.29 is 9.13 Å². The van der Waals surface area contributed by atoms with E-state index in [4.69, 9.17) is 4.74 Å². The van der Waals surface area contributed by atoms with E-state index in [0.29, 0.717) is 12.0 Å². The molecule has 4 nitrogen and oxygen atoms in total. The van der Waals surface area contributed by atoms with Gasteiger partial charge in [-0.25, -0.2) is 4.39 Å². The Balaban J connectivity index is 1.78. The highest BCUT2D eigenvalue weighted by Crippen LogP contribution is 2.33. The van der Waals surface area contributed by atoms with E-state index >= 15 is 0 Å². The Morgan fingerprint density at radius 1 is 1.13 bits per heavy atom. The van der Waals surface area contributed by atoms with Gasteiger partial charge in [0.1, 0.15) is 10.8 Å². The molecule has 1 aromatic carbocycles. The van der Waals surface area contributed by atoms with E-state index in [0.717, 1.165) is 23.2 Å². The zero-order valence-corrected chi connectivity index (χ0v) is 14.8. The first-order valence-electron chi connectivity index (χ1n) is 7.75. The maximum atomic E-state index is 13.8. The molecule has 2 heterocycles. The molecule has 2 aromatic rings. The predicted molar refractivity (Wildman–Crippen MR) is 90.6 cm³/mol. The van der Waals surface area contributed by atoms with E-state index in [1.165, 1.54) is 17.4 Å². The second-order valence-corrected chi connectivity index (χ2v) is 8.26. The lowest BCUT2D eigenvalue weighted by Gasteiger charge is -2.46. The minimum atomic E-state index is -0.237. The van der Waals surface area contributed by atoms with Crippen LogP contribution in [0.15, 0.2) is 24.3 Å². The summed E-state index contributed by atoms with van der Waals surface area (Å²) in [6.45, 7) is 9.88. The Bertz CT molecular complexity index is 683. The van der Waals surface area contributed by atoms with Gasteiger partial charge in [0.15, 0.2) is 0 Å². The lowest BCUT2D eigenvalue weighted by Crippen LogP contribution is -2.57. The molecule has 3 rings (SSSR count). The van der Waals surface area contributed by atoms with Gasteiger partial charge in [0, 0.05) is 19.5 Å². The van der Waals surface area contributed by atoms with Crippen molar-refractivity contribution in [3.8, 4) is 0 Å². The van der Waals surface area contributed by atoms with Crippen LogP contribution in [-0.4, -0.2) is 34.5 Å². The van der Waals surface area contributed by atoms with E-state index < -0.39 is 0 Å². The minimum absolute atomic E-state index is 0.196. The van der Waals surface area contributed by atoms with Gasteiger partial charge in [-0.3, -0.25) is 0 Å². The Labute approximate surface area is 140 Å². The van der Waals surface area contributed by atoms with Crippen LogP contribution >= 0.6 is 11.3 Å². The third-order valence-corrected chi connectivity index (χ3v) is 4.71. The molecule has 1 saturated heterocycles. The molecule has 23 heavy (non-hydrogen) atoms. The third kappa shape index (κ3) is 3.87. The predicted octanol–water partition coefficient (Wildman–Crippen LogP) is 3.66. The Morgan fingerprint density at radius 3 is 2.43 bits per heavy atom. The highest BCUT2D eigenvalue weighted by molar-refractivity contribution is 7.15. The fourth-order valence-electron chi connectivity index (χ4n) is 3.17. The molecule has 0 aliphatic carbocycles. The zero-order valence-electron chi connectivity index (χ0n) is 14.0. The summed E-state index contributed by atoms with van der Waals surface area (Å²) in [7, 11) is 0. The van der Waals surface area contributed by atoms with Crippen LogP contribution in [0.25, 0.3) is 0 Å². The second kappa shape index (κ2) is 5.83. The van der Waals surface area contributed by atoms with E-state index in [1.807, 2.05) is 6.07 Å². The monoisotopic (exact) mass is 335 g/mol. The molecule has 0 unspecified atom stereocenters. The van der Waals surface area contributed by atoms with Crippen molar-refractivity contribution >= 4 is 16.5 Å². The van der Waals surface area contributed by atoms with Gasteiger partial charge in [-0.2, -0.15) is 0 Å². The van der Waals surface area contributed by atoms with Crippen molar-refractivity contribution in [1.82, 2.24) is 10.2 Å². The lowest BCUT2D eigenvalue weighted by molar-refractivity contribution is -0.133. The van der Waals surface area contributed by atoms with E-state index in [1.54, 1.807) is 12.1 Å². The van der Waals surface area contributed by atoms with Crippen LogP contribution in [0, 0.1) is 5.82 Å². The number of hydrogen-bond donors (Lipinski definition) is 0. The number of morpholine rings is 1. The highest BCUT2D eigenvalue weighted by atomic mass is 32.1. The molecule has 0 bridgehead atoms. The van der Waals surface area contributed by atoms with Gasteiger partial charge >= 0.3 is 0 Å². The molecule has 0 amide bonds. The molecule has 124 valence electrons. The highest BCUT2D eigenvalue weighted by Gasteiger charge is 2.39. The summed E-state index contributed by atoms with van der Waals surface area (Å²) in [6.07, 6.45) is 0.474. The molecule has 0 saturated carbocycles. The first-order chi connectivity index (χ1) is 10.7. The van der Waals surface area contributed by atoms with Crippen molar-refractivity contribution in [2.24, 2.45) is 0 Å². The van der Waals surface area contributed by atoms with Gasteiger partial charge in [0.25, 0.3) is 0 Å². The molecule has 1 aromatic heterocycles. The summed E-state index contributed by atoms with van der Waals surface area (Å²) in [6, 6.07) is 6.80. The van der Waals surface area contributed by atoms with Gasteiger partial charge in [0.05, 0.1) is 11.2 Å². The number of rotatable bonds is 3. The number of ether oxygens (including phenoxy) is 1. The first kappa shape index (κ1) is 16.3. The number of anilines is 1. The average Bonchev–Trinajstić information content (AvgIpc) is 2.86. The quantitative estimate of drug-likeness (QED) is 0.858. The molecule has 6 heteroatoms. The number of benzene rings is 1. The number of halogens is 1. The smallest absolute Gasteiger partial charge is 0.208 e. The molecule has 0 radical (unpaired) electrons. The summed E-state index contributed by atoms with van der Waals surface area (Å²) in [5.74, 6) is -0.196. The fraction of sp³-hybridized carbons (Fsp3) is 0.529.